The van der Waals surface area contributed by atoms with E-state index in [9.17, 15) is 5.11 Å². The van der Waals surface area contributed by atoms with Crippen LogP contribution >= 0.6 is 0 Å². The van der Waals surface area contributed by atoms with Crippen molar-refractivity contribution in [2.75, 3.05) is 13.6 Å². The Morgan fingerprint density at radius 3 is 2.88 bits per heavy atom. The Labute approximate surface area is 101 Å². The van der Waals surface area contributed by atoms with Crippen LogP contribution in [0.2, 0.25) is 0 Å². The van der Waals surface area contributed by atoms with E-state index in [0.717, 1.165) is 43.9 Å². The molecule has 3 heterocycles. The predicted octanol–water partition coefficient (Wildman–Crippen LogP) is 1.26. The van der Waals surface area contributed by atoms with Crippen molar-refractivity contribution in [3.05, 3.63) is 11.6 Å². The molecule has 1 fully saturated rings. The van der Waals surface area contributed by atoms with Crippen molar-refractivity contribution in [2.45, 2.75) is 50.8 Å². The molecule has 0 saturated carbocycles. The van der Waals surface area contributed by atoms with Crippen molar-refractivity contribution in [3.8, 4) is 0 Å². The van der Waals surface area contributed by atoms with Gasteiger partial charge in [-0.1, -0.05) is 6.42 Å². The third kappa shape index (κ3) is 1.98. The molecule has 2 unspecified atom stereocenters. The summed E-state index contributed by atoms with van der Waals surface area (Å²) in [4.78, 5) is 6.96. The lowest BCUT2D eigenvalue weighted by Gasteiger charge is -2.30. The summed E-state index contributed by atoms with van der Waals surface area (Å²) in [5, 5.41) is 14.4. The lowest BCUT2D eigenvalue weighted by Crippen LogP contribution is -2.30. The van der Waals surface area contributed by atoms with Gasteiger partial charge in [0.2, 0.25) is 0 Å². The fraction of sp³-hybridized carbons (Fsp3) is 0.833. The normalized spacial score (nSPS) is 30.2. The molecule has 0 aromatic carbocycles. The Balaban J connectivity index is 1.88. The van der Waals surface area contributed by atoms with E-state index in [-0.39, 0.29) is 0 Å². The highest BCUT2D eigenvalue weighted by Gasteiger charge is 2.28. The van der Waals surface area contributed by atoms with E-state index in [2.05, 4.69) is 22.0 Å². The van der Waals surface area contributed by atoms with Gasteiger partial charge in [0, 0.05) is 6.42 Å². The molecule has 0 aliphatic carbocycles. The molecule has 2 aliphatic rings. The maximum absolute atomic E-state index is 9.89. The number of rotatable bonds is 1. The molecule has 0 radical (unpaired) electrons. The molecule has 1 N–H and O–H groups in total. The molecule has 1 aromatic heterocycles. The average Bonchev–Trinajstić information content (AvgIpc) is 2.75. The molecule has 1 aromatic rings. The van der Waals surface area contributed by atoms with Gasteiger partial charge in [0.05, 0.1) is 6.04 Å². The van der Waals surface area contributed by atoms with Crippen LogP contribution in [0.25, 0.3) is 0 Å². The second-order valence-corrected chi connectivity index (χ2v) is 5.20. The van der Waals surface area contributed by atoms with Gasteiger partial charge < -0.3 is 5.11 Å². The lowest BCUT2D eigenvalue weighted by molar-refractivity contribution is 0.0635. The molecule has 0 bridgehead atoms. The number of hydrogen-bond donors (Lipinski definition) is 1. The first-order valence-electron chi connectivity index (χ1n) is 6.59. The highest BCUT2D eigenvalue weighted by Crippen LogP contribution is 2.29. The number of aryl methyl sites for hydroxylation is 1. The van der Waals surface area contributed by atoms with Crippen LogP contribution in [0.3, 0.4) is 0 Å². The van der Waals surface area contributed by atoms with Crippen molar-refractivity contribution in [1.82, 2.24) is 19.7 Å². The van der Waals surface area contributed by atoms with Crippen molar-refractivity contribution < 1.29 is 5.11 Å². The van der Waals surface area contributed by atoms with Gasteiger partial charge in [0.25, 0.3) is 0 Å². The Kier molecular flexibility index (Phi) is 2.88. The molecule has 5 nitrogen and oxygen atoms in total. The molecular weight excluding hydrogens is 216 g/mol. The average molecular weight is 236 g/mol. The summed E-state index contributed by atoms with van der Waals surface area (Å²) in [5.74, 6) is 1.86. The zero-order valence-electron chi connectivity index (χ0n) is 10.3. The first-order valence-corrected chi connectivity index (χ1v) is 6.59. The van der Waals surface area contributed by atoms with E-state index in [0.29, 0.717) is 6.04 Å². The summed E-state index contributed by atoms with van der Waals surface area (Å²) in [6, 6.07) is 0.342. The highest BCUT2D eigenvalue weighted by atomic mass is 16.3. The second kappa shape index (κ2) is 4.38. The van der Waals surface area contributed by atoms with Gasteiger partial charge >= 0.3 is 0 Å². The Hall–Kier alpha value is -0.940. The summed E-state index contributed by atoms with van der Waals surface area (Å²) in [7, 11) is 2.14. The van der Waals surface area contributed by atoms with E-state index < -0.39 is 6.23 Å². The number of hydrogen-bond acceptors (Lipinski definition) is 4. The minimum Gasteiger partial charge on any atom is -0.372 e. The van der Waals surface area contributed by atoms with Crippen LogP contribution in [-0.4, -0.2) is 38.4 Å². The number of aliphatic hydroxyl groups is 1. The molecule has 0 amide bonds. The van der Waals surface area contributed by atoms with Gasteiger partial charge in [-0.05, 0) is 39.3 Å². The SMILES string of the molecule is CN1CCCCC1c1nc2n(n1)C(O)CCC2. The molecule has 94 valence electrons. The number of aliphatic hydroxyl groups excluding tert-OH is 1. The number of piperidine rings is 1. The van der Waals surface area contributed by atoms with Gasteiger partial charge in [0.1, 0.15) is 12.1 Å². The summed E-state index contributed by atoms with van der Waals surface area (Å²) < 4.78 is 1.72. The Bertz CT molecular complexity index is 403. The first-order chi connectivity index (χ1) is 8.25. The zero-order valence-corrected chi connectivity index (χ0v) is 10.3. The van der Waals surface area contributed by atoms with E-state index in [1.165, 1.54) is 12.8 Å². The molecule has 17 heavy (non-hydrogen) atoms. The van der Waals surface area contributed by atoms with Crippen LogP contribution in [0.1, 0.15) is 56.0 Å². The first kappa shape index (κ1) is 11.2. The van der Waals surface area contributed by atoms with Gasteiger partial charge in [-0.25, -0.2) is 9.67 Å². The van der Waals surface area contributed by atoms with Gasteiger partial charge in [0.15, 0.2) is 5.82 Å². The molecule has 2 atom stereocenters. The summed E-state index contributed by atoms with van der Waals surface area (Å²) in [6.07, 6.45) is 5.95. The van der Waals surface area contributed by atoms with Crippen molar-refractivity contribution in [1.29, 1.82) is 0 Å². The van der Waals surface area contributed by atoms with Gasteiger partial charge in [-0.3, -0.25) is 4.90 Å². The number of aromatic nitrogens is 3. The maximum Gasteiger partial charge on any atom is 0.168 e. The lowest BCUT2D eigenvalue weighted by atomic mass is 10.0. The zero-order chi connectivity index (χ0) is 11.8. The second-order valence-electron chi connectivity index (χ2n) is 5.20. The van der Waals surface area contributed by atoms with Crippen LogP contribution in [0.4, 0.5) is 0 Å². The smallest absolute Gasteiger partial charge is 0.168 e. The Morgan fingerprint density at radius 1 is 1.24 bits per heavy atom. The summed E-state index contributed by atoms with van der Waals surface area (Å²) in [5.41, 5.74) is 0. The quantitative estimate of drug-likeness (QED) is 0.797. The van der Waals surface area contributed by atoms with Crippen LogP contribution < -0.4 is 0 Å². The Morgan fingerprint density at radius 2 is 2.12 bits per heavy atom. The van der Waals surface area contributed by atoms with Crippen LogP contribution in [0.5, 0.6) is 0 Å². The predicted molar refractivity (Wildman–Crippen MR) is 63.4 cm³/mol. The molecule has 1 saturated heterocycles. The van der Waals surface area contributed by atoms with E-state index >= 15 is 0 Å². The third-order valence-electron chi connectivity index (χ3n) is 3.93. The molecule has 2 aliphatic heterocycles. The summed E-state index contributed by atoms with van der Waals surface area (Å²) in [6.45, 7) is 1.12. The van der Waals surface area contributed by atoms with Gasteiger partial charge in [-0.15, -0.1) is 0 Å². The summed E-state index contributed by atoms with van der Waals surface area (Å²) >= 11 is 0. The maximum atomic E-state index is 9.89. The van der Waals surface area contributed by atoms with Crippen LogP contribution in [0, 0.1) is 0 Å². The standard InChI is InChI=1S/C12H20N4O/c1-15-8-3-2-5-9(15)12-13-10-6-4-7-11(17)16(10)14-12/h9,11,17H,2-8H2,1H3. The molecule has 3 rings (SSSR count). The minimum absolute atomic E-state index is 0.342. The van der Waals surface area contributed by atoms with Crippen molar-refractivity contribution >= 4 is 0 Å². The number of fused-ring (bicyclic) bond motifs is 1. The monoisotopic (exact) mass is 236 g/mol. The molecular formula is C12H20N4O. The minimum atomic E-state index is -0.464. The van der Waals surface area contributed by atoms with E-state index in [4.69, 9.17) is 0 Å². The number of likely N-dealkylation sites (tertiary alicyclic amines) is 1. The third-order valence-corrected chi connectivity index (χ3v) is 3.93. The van der Waals surface area contributed by atoms with Crippen molar-refractivity contribution in [2.24, 2.45) is 0 Å². The van der Waals surface area contributed by atoms with E-state index in [1.54, 1.807) is 4.68 Å². The van der Waals surface area contributed by atoms with Crippen LogP contribution in [-0.2, 0) is 6.42 Å². The van der Waals surface area contributed by atoms with Crippen LogP contribution in [0.15, 0.2) is 0 Å². The fourth-order valence-electron chi connectivity index (χ4n) is 2.89. The highest BCUT2D eigenvalue weighted by molar-refractivity contribution is 5.02. The van der Waals surface area contributed by atoms with E-state index in [1.807, 2.05) is 0 Å². The van der Waals surface area contributed by atoms with Gasteiger partial charge in [-0.2, -0.15) is 5.10 Å². The molecule has 5 heteroatoms. The number of nitrogens with zero attached hydrogens (tertiary/aromatic N) is 4. The molecule has 0 spiro atoms. The van der Waals surface area contributed by atoms with Crippen molar-refractivity contribution in [3.63, 3.8) is 0 Å². The topological polar surface area (TPSA) is 54.2 Å². The fourth-order valence-corrected chi connectivity index (χ4v) is 2.89. The largest absolute Gasteiger partial charge is 0.372 e.